The molecule has 1 aromatic heterocycles. The van der Waals surface area contributed by atoms with E-state index in [-0.39, 0.29) is 6.42 Å². The summed E-state index contributed by atoms with van der Waals surface area (Å²) >= 11 is 12.0. The van der Waals surface area contributed by atoms with E-state index in [1.807, 2.05) is 6.92 Å². The molecule has 1 saturated heterocycles. The first kappa shape index (κ1) is 20.1. The number of carbonyl (C=O) groups is 1. The summed E-state index contributed by atoms with van der Waals surface area (Å²) in [6.45, 7) is 1.84. The Morgan fingerprint density at radius 2 is 2.04 bits per heavy atom. The Labute approximate surface area is 167 Å². The van der Waals surface area contributed by atoms with E-state index in [1.165, 1.54) is 13.1 Å². The highest BCUT2D eigenvalue weighted by Gasteiger charge is 2.41. The quantitative estimate of drug-likeness (QED) is 0.778. The van der Waals surface area contributed by atoms with Crippen molar-refractivity contribution in [1.82, 2.24) is 18.8 Å². The Hall–Kier alpha value is -1.65. The summed E-state index contributed by atoms with van der Waals surface area (Å²) in [6.07, 6.45) is 1.85. The van der Waals surface area contributed by atoms with E-state index in [0.717, 1.165) is 15.6 Å². The molecule has 1 fully saturated rings. The molecule has 3 rings (SSSR count). The molecule has 146 valence electrons. The van der Waals surface area contributed by atoms with Gasteiger partial charge in [-0.15, -0.1) is 0 Å². The molecule has 27 heavy (non-hydrogen) atoms. The number of aromatic nitrogens is 2. The number of nitrogens with one attached hydrogen (secondary N) is 2. The normalized spacial score (nSPS) is 22.6. The second-order valence-electron chi connectivity index (χ2n) is 6.37. The molecule has 11 heteroatoms. The molecule has 1 aliphatic rings. The zero-order valence-electron chi connectivity index (χ0n) is 14.9. The van der Waals surface area contributed by atoms with Crippen molar-refractivity contribution in [1.29, 1.82) is 0 Å². The average Bonchev–Trinajstić information content (AvgIpc) is 2.92. The Kier molecular flexibility index (Phi) is 5.51. The number of carbonyl (C=O) groups excluding carboxylic acids is 1. The van der Waals surface area contributed by atoms with E-state index in [2.05, 4.69) is 15.1 Å². The van der Waals surface area contributed by atoms with Crippen molar-refractivity contribution < 1.29 is 13.2 Å². The first-order valence-electron chi connectivity index (χ1n) is 8.10. The molecule has 2 aromatic rings. The van der Waals surface area contributed by atoms with Gasteiger partial charge in [-0.25, -0.2) is 0 Å². The zero-order valence-corrected chi connectivity index (χ0v) is 17.2. The topological polar surface area (TPSA) is 96.3 Å². The molecule has 0 bridgehead atoms. The molecule has 2 N–H and O–H groups in total. The molecule has 0 aliphatic carbocycles. The molecule has 0 radical (unpaired) electrons. The lowest BCUT2D eigenvalue weighted by atomic mass is 10.00. The van der Waals surface area contributed by atoms with Crippen LogP contribution >= 0.6 is 23.2 Å². The average molecular weight is 432 g/mol. The Balaban J connectivity index is 1.89. The molecule has 1 aliphatic heterocycles. The SMILES string of the molecule is Cc1c(C2CC(C(=O)Nc3cc(Cl)ccc3Cl)N(C)S(=O)(=O)N2)cnn1C. The van der Waals surface area contributed by atoms with Crippen molar-refractivity contribution in [2.45, 2.75) is 25.4 Å². The number of likely N-dealkylation sites (N-methyl/N-ethyl adjacent to an activating group) is 1. The fourth-order valence-electron chi connectivity index (χ4n) is 2.98. The molecule has 1 amide bonds. The molecular formula is C16H19Cl2N5O3S. The van der Waals surface area contributed by atoms with Crippen LogP contribution in [-0.2, 0) is 22.1 Å². The number of rotatable bonds is 3. The Morgan fingerprint density at radius 1 is 1.33 bits per heavy atom. The second-order valence-corrected chi connectivity index (χ2v) is 8.97. The Bertz CT molecular complexity index is 992. The van der Waals surface area contributed by atoms with Crippen LogP contribution < -0.4 is 10.0 Å². The monoisotopic (exact) mass is 431 g/mol. The molecule has 0 saturated carbocycles. The fraction of sp³-hybridized carbons (Fsp3) is 0.375. The van der Waals surface area contributed by atoms with Gasteiger partial charge < -0.3 is 5.32 Å². The second kappa shape index (κ2) is 7.40. The molecule has 0 spiro atoms. The summed E-state index contributed by atoms with van der Waals surface area (Å²) in [4.78, 5) is 12.8. The van der Waals surface area contributed by atoms with E-state index < -0.39 is 28.2 Å². The van der Waals surface area contributed by atoms with E-state index in [9.17, 15) is 13.2 Å². The molecule has 2 atom stereocenters. The zero-order chi connectivity index (χ0) is 19.9. The van der Waals surface area contributed by atoms with Gasteiger partial charge >= 0.3 is 0 Å². The lowest BCUT2D eigenvalue weighted by molar-refractivity contribution is -0.120. The largest absolute Gasteiger partial charge is 0.323 e. The first-order chi connectivity index (χ1) is 12.6. The third-order valence-corrected chi connectivity index (χ3v) is 6.87. The van der Waals surface area contributed by atoms with E-state index in [0.29, 0.717) is 15.7 Å². The fourth-order valence-corrected chi connectivity index (χ4v) is 4.58. The number of amides is 1. The number of halogens is 2. The molecule has 2 unspecified atom stereocenters. The number of aryl methyl sites for hydroxylation is 1. The number of benzene rings is 1. The minimum absolute atomic E-state index is 0.242. The molecular weight excluding hydrogens is 413 g/mol. The Morgan fingerprint density at radius 3 is 2.67 bits per heavy atom. The van der Waals surface area contributed by atoms with Gasteiger partial charge in [-0.3, -0.25) is 9.48 Å². The highest BCUT2D eigenvalue weighted by molar-refractivity contribution is 7.87. The smallest absolute Gasteiger partial charge is 0.280 e. The number of hydrogen-bond donors (Lipinski definition) is 2. The first-order valence-corrected chi connectivity index (χ1v) is 10.3. The van der Waals surface area contributed by atoms with Gasteiger partial charge in [-0.2, -0.15) is 22.5 Å². The van der Waals surface area contributed by atoms with Crippen molar-refractivity contribution >= 4 is 45.0 Å². The highest BCUT2D eigenvalue weighted by atomic mass is 35.5. The van der Waals surface area contributed by atoms with Gasteiger partial charge in [0.2, 0.25) is 5.91 Å². The van der Waals surface area contributed by atoms with Gasteiger partial charge in [0.25, 0.3) is 10.2 Å². The standard InChI is InChI=1S/C16H19Cl2N5O3S/c1-9-11(8-19-22(9)2)13-7-15(23(3)27(25,26)21-13)16(24)20-14-6-10(17)4-5-12(14)18/h4-6,8,13,15,21H,7H2,1-3H3,(H,20,24). The van der Waals surface area contributed by atoms with Crippen molar-refractivity contribution in [3.8, 4) is 0 Å². The van der Waals surface area contributed by atoms with Crippen LogP contribution in [0.2, 0.25) is 10.0 Å². The van der Waals surface area contributed by atoms with Gasteiger partial charge in [0.05, 0.1) is 22.9 Å². The third-order valence-electron chi connectivity index (χ3n) is 4.71. The van der Waals surface area contributed by atoms with Gasteiger partial charge in [0, 0.05) is 30.4 Å². The van der Waals surface area contributed by atoms with Crippen LogP contribution in [0.15, 0.2) is 24.4 Å². The highest BCUT2D eigenvalue weighted by Crippen LogP contribution is 2.31. The van der Waals surface area contributed by atoms with E-state index >= 15 is 0 Å². The lowest BCUT2D eigenvalue weighted by Gasteiger charge is -2.36. The van der Waals surface area contributed by atoms with Gasteiger partial charge in [-0.1, -0.05) is 23.2 Å². The molecule has 2 heterocycles. The molecule has 8 nitrogen and oxygen atoms in total. The van der Waals surface area contributed by atoms with E-state index in [4.69, 9.17) is 23.2 Å². The van der Waals surface area contributed by atoms with Crippen LogP contribution in [0, 0.1) is 6.92 Å². The maximum atomic E-state index is 12.8. The number of hydrogen-bond acceptors (Lipinski definition) is 4. The van der Waals surface area contributed by atoms with E-state index in [1.54, 1.807) is 30.1 Å². The summed E-state index contributed by atoms with van der Waals surface area (Å²) in [5.74, 6) is -0.488. The maximum Gasteiger partial charge on any atom is 0.280 e. The minimum atomic E-state index is -3.84. The van der Waals surface area contributed by atoms with Crippen molar-refractivity contribution in [3.05, 3.63) is 45.7 Å². The van der Waals surface area contributed by atoms with Crippen LogP contribution in [0.3, 0.4) is 0 Å². The van der Waals surface area contributed by atoms with Crippen molar-refractivity contribution in [2.24, 2.45) is 7.05 Å². The minimum Gasteiger partial charge on any atom is -0.323 e. The molecule has 1 aromatic carbocycles. The van der Waals surface area contributed by atoms with Crippen molar-refractivity contribution in [3.63, 3.8) is 0 Å². The number of anilines is 1. The lowest BCUT2D eigenvalue weighted by Crippen LogP contribution is -2.56. The number of nitrogens with zero attached hydrogens (tertiary/aromatic N) is 3. The summed E-state index contributed by atoms with van der Waals surface area (Å²) in [5.41, 5.74) is 1.88. The third kappa shape index (κ3) is 3.97. The van der Waals surface area contributed by atoms with Gasteiger partial charge in [-0.05, 0) is 31.5 Å². The predicted molar refractivity (Wildman–Crippen MR) is 104 cm³/mol. The predicted octanol–water partition coefficient (Wildman–Crippen LogP) is 2.25. The van der Waals surface area contributed by atoms with Gasteiger partial charge in [0.1, 0.15) is 6.04 Å². The summed E-state index contributed by atoms with van der Waals surface area (Å²) in [7, 11) is -0.714. The maximum absolute atomic E-state index is 12.8. The van der Waals surface area contributed by atoms with Crippen LogP contribution in [0.25, 0.3) is 0 Å². The van der Waals surface area contributed by atoms with Crippen LogP contribution in [-0.4, -0.2) is 41.5 Å². The summed E-state index contributed by atoms with van der Waals surface area (Å²) in [5, 5.41) is 7.54. The van der Waals surface area contributed by atoms with Crippen LogP contribution in [0.4, 0.5) is 5.69 Å². The van der Waals surface area contributed by atoms with Gasteiger partial charge in [0.15, 0.2) is 0 Å². The van der Waals surface area contributed by atoms with Crippen molar-refractivity contribution in [2.75, 3.05) is 12.4 Å². The van der Waals surface area contributed by atoms with Crippen LogP contribution in [0.1, 0.15) is 23.7 Å². The summed E-state index contributed by atoms with van der Waals surface area (Å²) < 4.78 is 30.3. The van der Waals surface area contributed by atoms with Crippen LogP contribution in [0.5, 0.6) is 0 Å². The summed E-state index contributed by atoms with van der Waals surface area (Å²) in [6, 6.07) is 3.19.